The van der Waals surface area contributed by atoms with E-state index in [1.54, 1.807) is 6.26 Å². The number of nitrogens with one attached hydrogen (secondary N) is 1. The van der Waals surface area contributed by atoms with Gasteiger partial charge in [-0.05, 0) is 37.6 Å². The van der Waals surface area contributed by atoms with Gasteiger partial charge in [0.1, 0.15) is 0 Å². The number of nitrogens with zero attached hydrogens (tertiary/aromatic N) is 2. The molecule has 0 radical (unpaired) electrons. The number of halogens is 1. The van der Waals surface area contributed by atoms with Crippen molar-refractivity contribution >= 4 is 12.4 Å². The molecule has 0 aliphatic carbocycles. The molecule has 5 nitrogen and oxygen atoms in total. The van der Waals surface area contributed by atoms with Crippen molar-refractivity contribution in [2.75, 3.05) is 13.1 Å². The highest BCUT2D eigenvalue weighted by Gasteiger charge is 2.19. The lowest BCUT2D eigenvalue weighted by Gasteiger charge is -2.01. The second-order valence-corrected chi connectivity index (χ2v) is 4.05. The first-order chi connectivity index (χ1) is 7.92. The molecule has 1 atom stereocenters. The summed E-state index contributed by atoms with van der Waals surface area (Å²) in [5, 5.41) is 7.22. The van der Waals surface area contributed by atoms with Gasteiger partial charge in [-0.3, -0.25) is 0 Å². The molecule has 2 aromatic rings. The minimum atomic E-state index is 0. The van der Waals surface area contributed by atoms with E-state index in [9.17, 15) is 0 Å². The van der Waals surface area contributed by atoms with Crippen LogP contribution in [-0.2, 0) is 6.42 Å². The molecular formula is C11H14ClN3O2. The van der Waals surface area contributed by atoms with Crippen LogP contribution in [0.15, 0.2) is 27.3 Å². The molecule has 1 N–H and O–H groups in total. The Labute approximate surface area is 105 Å². The van der Waals surface area contributed by atoms with Crippen molar-refractivity contribution < 1.29 is 8.94 Å². The van der Waals surface area contributed by atoms with Crippen molar-refractivity contribution in [2.45, 2.75) is 12.8 Å². The van der Waals surface area contributed by atoms with Crippen LogP contribution in [0.2, 0.25) is 0 Å². The van der Waals surface area contributed by atoms with Gasteiger partial charge in [-0.25, -0.2) is 0 Å². The van der Waals surface area contributed by atoms with Crippen molar-refractivity contribution in [1.29, 1.82) is 0 Å². The highest BCUT2D eigenvalue weighted by atomic mass is 35.5. The summed E-state index contributed by atoms with van der Waals surface area (Å²) >= 11 is 0. The van der Waals surface area contributed by atoms with Gasteiger partial charge in [0.05, 0.1) is 6.26 Å². The van der Waals surface area contributed by atoms with Gasteiger partial charge in [0.2, 0.25) is 11.7 Å². The number of hydrogen-bond acceptors (Lipinski definition) is 5. The molecule has 1 aliphatic heterocycles. The monoisotopic (exact) mass is 255 g/mol. The van der Waals surface area contributed by atoms with E-state index in [0.29, 0.717) is 23.4 Å². The van der Waals surface area contributed by atoms with E-state index in [2.05, 4.69) is 15.5 Å². The van der Waals surface area contributed by atoms with Crippen molar-refractivity contribution in [3.05, 3.63) is 24.3 Å². The standard InChI is InChI=1S/C11H13N3O2.ClH/c1-2-9(15-5-1)11-13-10(16-14-11)6-8-3-4-12-7-8;/h1-2,5,8,12H,3-4,6-7H2;1H. The SMILES string of the molecule is Cl.c1coc(-c2noc(CC3CCNC3)n2)c1. The lowest BCUT2D eigenvalue weighted by atomic mass is 10.1. The summed E-state index contributed by atoms with van der Waals surface area (Å²) in [5.74, 6) is 2.50. The molecule has 0 bridgehead atoms. The third-order valence-corrected chi connectivity index (χ3v) is 2.84. The van der Waals surface area contributed by atoms with Crippen LogP contribution in [0, 0.1) is 5.92 Å². The third-order valence-electron chi connectivity index (χ3n) is 2.84. The van der Waals surface area contributed by atoms with Crippen LogP contribution in [0.1, 0.15) is 12.3 Å². The molecule has 0 spiro atoms. The molecule has 6 heteroatoms. The second kappa shape index (κ2) is 5.33. The van der Waals surface area contributed by atoms with Crippen LogP contribution >= 0.6 is 12.4 Å². The predicted octanol–water partition coefficient (Wildman–Crippen LogP) is 1.90. The Kier molecular flexibility index (Phi) is 3.81. The molecule has 0 amide bonds. The van der Waals surface area contributed by atoms with Gasteiger partial charge in [0.15, 0.2) is 5.76 Å². The molecule has 0 saturated carbocycles. The fourth-order valence-electron chi connectivity index (χ4n) is 1.98. The Balaban J connectivity index is 0.00000108. The number of rotatable bonds is 3. The topological polar surface area (TPSA) is 64.1 Å². The average molecular weight is 256 g/mol. The van der Waals surface area contributed by atoms with E-state index in [1.807, 2.05) is 12.1 Å². The first-order valence-corrected chi connectivity index (χ1v) is 5.49. The quantitative estimate of drug-likeness (QED) is 0.908. The Bertz CT molecular complexity index is 449. The molecule has 1 saturated heterocycles. The van der Waals surface area contributed by atoms with Crippen LogP contribution in [0.4, 0.5) is 0 Å². The Morgan fingerprint density at radius 2 is 2.41 bits per heavy atom. The molecule has 3 heterocycles. The molecule has 1 fully saturated rings. The molecule has 1 aliphatic rings. The van der Waals surface area contributed by atoms with Crippen molar-refractivity contribution in [3.8, 4) is 11.6 Å². The smallest absolute Gasteiger partial charge is 0.238 e. The first-order valence-electron chi connectivity index (χ1n) is 5.49. The third kappa shape index (κ3) is 2.68. The number of aromatic nitrogens is 2. The van der Waals surface area contributed by atoms with Crippen molar-refractivity contribution in [2.24, 2.45) is 5.92 Å². The zero-order chi connectivity index (χ0) is 10.8. The Morgan fingerprint density at radius 1 is 1.47 bits per heavy atom. The van der Waals surface area contributed by atoms with Gasteiger partial charge in [0, 0.05) is 6.42 Å². The van der Waals surface area contributed by atoms with E-state index >= 15 is 0 Å². The van der Waals surface area contributed by atoms with Crippen LogP contribution < -0.4 is 5.32 Å². The zero-order valence-corrected chi connectivity index (χ0v) is 10.1. The van der Waals surface area contributed by atoms with Crippen LogP contribution in [0.25, 0.3) is 11.6 Å². The Hall–Kier alpha value is -1.33. The lowest BCUT2D eigenvalue weighted by molar-refractivity contribution is 0.357. The molecule has 92 valence electrons. The summed E-state index contributed by atoms with van der Waals surface area (Å²) in [6.45, 7) is 2.13. The van der Waals surface area contributed by atoms with E-state index in [4.69, 9.17) is 8.94 Å². The minimum Gasteiger partial charge on any atom is -0.461 e. The summed E-state index contributed by atoms with van der Waals surface area (Å²) < 4.78 is 10.4. The van der Waals surface area contributed by atoms with E-state index in [1.165, 1.54) is 6.42 Å². The van der Waals surface area contributed by atoms with Crippen molar-refractivity contribution in [3.63, 3.8) is 0 Å². The van der Waals surface area contributed by atoms with Crippen LogP contribution in [-0.4, -0.2) is 23.2 Å². The van der Waals surface area contributed by atoms with Gasteiger partial charge in [-0.1, -0.05) is 5.16 Å². The molecular weight excluding hydrogens is 242 g/mol. The summed E-state index contributed by atoms with van der Waals surface area (Å²) in [5.41, 5.74) is 0. The maximum absolute atomic E-state index is 5.21. The van der Waals surface area contributed by atoms with Gasteiger partial charge >= 0.3 is 0 Å². The van der Waals surface area contributed by atoms with Gasteiger partial charge < -0.3 is 14.3 Å². The molecule has 17 heavy (non-hydrogen) atoms. The fraction of sp³-hybridized carbons (Fsp3) is 0.455. The molecule has 1 unspecified atom stereocenters. The average Bonchev–Trinajstić information content (AvgIpc) is 2.99. The first kappa shape index (κ1) is 12.1. The van der Waals surface area contributed by atoms with E-state index in [0.717, 1.165) is 19.5 Å². The lowest BCUT2D eigenvalue weighted by Crippen LogP contribution is -2.10. The second-order valence-electron chi connectivity index (χ2n) is 4.05. The van der Waals surface area contributed by atoms with Crippen LogP contribution in [0.5, 0.6) is 0 Å². The zero-order valence-electron chi connectivity index (χ0n) is 9.26. The minimum absolute atomic E-state index is 0. The summed E-state index contributed by atoms with van der Waals surface area (Å²) in [4.78, 5) is 4.32. The van der Waals surface area contributed by atoms with Gasteiger partial charge in [-0.2, -0.15) is 4.98 Å². The number of hydrogen-bond donors (Lipinski definition) is 1. The summed E-state index contributed by atoms with van der Waals surface area (Å²) in [7, 11) is 0. The van der Waals surface area contributed by atoms with Gasteiger partial charge in [-0.15, -0.1) is 12.4 Å². The number of furan rings is 1. The van der Waals surface area contributed by atoms with Gasteiger partial charge in [0.25, 0.3) is 0 Å². The normalized spacial score (nSPS) is 19.2. The maximum atomic E-state index is 5.21. The Morgan fingerprint density at radius 3 is 3.12 bits per heavy atom. The predicted molar refractivity (Wildman–Crippen MR) is 63.9 cm³/mol. The van der Waals surface area contributed by atoms with E-state index in [-0.39, 0.29) is 12.4 Å². The van der Waals surface area contributed by atoms with Crippen molar-refractivity contribution in [1.82, 2.24) is 15.5 Å². The highest BCUT2D eigenvalue weighted by molar-refractivity contribution is 5.85. The fourth-order valence-corrected chi connectivity index (χ4v) is 1.98. The maximum Gasteiger partial charge on any atom is 0.238 e. The van der Waals surface area contributed by atoms with Crippen LogP contribution in [0.3, 0.4) is 0 Å². The summed E-state index contributed by atoms with van der Waals surface area (Å²) in [6.07, 6.45) is 3.63. The summed E-state index contributed by atoms with van der Waals surface area (Å²) in [6, 6.07) is 3.64. The molecule has 2 aromatic heterocycles. The molecule has 3 rings (SSSR count). The highest BCUT2D eigenvalue weighted by Crippen LogP contribution is 2.18. The molecule has 0 aromatic carbocycles. The van der Waals surface area contributed by atoms with E-state index < -0.39 is 0 Å². The largest absolute Gasteiger partial charge is 0.461 e.